The number of carbonyl (C=O) groups is 1. The van der Waals surface area contributed by atoms with Crippen LogP contribution >= 0.6 is 22.7 Å². The van der Waals surface area contributed by atoms with Crippen molar-refractivity contribution >= 4 is 28.5 Å². The number of Topliss-reactive ketones (excluding diaryl/α,β-unsaturated/α-hetero) is 1. The highest BCUT2D eigenvalue weighted by Gasteiger charge is 2.14. The highest BCUT2D eigenvalue weighted by atomic mass is 32.1. The van der Waals surface area contributed by atoms with E-state index in [1.54, 1.807) is 18.3 Å². The molecular weight excluding hydrogens is 226 g/mol. The lowest BCUT2D eigenvalue weighted by Crippen LogP contribution is -1.89. The van der Waals surface area contributed by atoms with Gasteiger partial charge in [-0.25, -0.2) is 4.98 Å². The molecule has 2 aromatic heterocycles. The number of nitrogens with zero attached hydrogens (tertiary/aromatic N) is 1. The van der Waals surface area contributed by atoms with E-state index in [-0.39, 0.29) is 5.78 Å². The lowest BCUT2D eigenvalue weighted by molar-refractivity contribution is 0.102. The van der Waals surface area contributed by atoms with Crippen molar-refractivity contribution in [3.8, 4) is 10.6 Å². The standard InChI is InChI=1S/C11H11NOS2/c1-6-4-14-5-9(6)11-12-7(2)10(15-11)8(3)13/h4-5H,1-3H3. The van der Waals surface area contributed by atoms with Crippen molar-refractivity contribution in [2.75, 3.05) is 0 Å². The Bertz CT molecular complexity index is 510. The van der Waals surface area contributed by atoms with E-state index < -0.39 is 0 Å². The Morgan fingerprint density at radius 3 is 2.53 bits per heavy atom. The number of carbonyl (C=O) groups excluding carboxylic acids is 1. The molecule has 0 fully saturated rings. The van der Waals surface area contributed by atoms with E-state index in [0.29, 0.717) is 0 Å². The summed E-state index contributed by atoms with van der Waals surface area (Å²) in [6, 6.07) is 0. The van der Waals surface area contributed by atoms with Gasteiger partial charge in [-0.15, -0.1) is 11.3 Å². The smallest absolute Gasteiger partial charge is 0.171 e. The van der Waals surface area contributed by atoms with Crippen LogP contribution in [0.2, 0.25) is 0 Å². The van der Waals surface area contributed by atoms with Gasteiger partial charge in [0.25, 0.3) is 0 Å². The van der Waals surface area contributed by atoms with Crippen molar-refractivity contribution < 1.29 is 4.79 Å². The zero-order chi connectivity index (χ0) is 11.0. The number of hydrogen-bond donors (Lipinski definition) is 0. The maximum atomic E-state index is 11.3. The molecule has 2 heterocycles. The van der Waals surface area contributed by atoms with Gasteiger partial charge in [-0.1, -0.05) is 0 Å². The van der Waals surface area contributed by atoms with Gasteiger partial charge in [0, 0.05) is 17.9 Å². The summed E-state index contributed by atoms with van der Waals surface area (Å²) in [4.78, 5) is 16.5. The van der Waals surface area contributed by atoms with Gasteiger partial charge in [-0.05, 0) is 24.8 Å². The van der Waals surface area contributed by atoms with Gasteiger partial charge in [0.05, 0.1) is 10.6 Å². The molecule has 0 aliphatic carbocycles. The van der Waals surface area contributed by atoms with Crippen LogP contribution in [0.3, 0.4) is 0 Å². The van der Waals surface area contributed by atoms with E-state index in [0.717, 1.165) is 21.1 Å². The molecular formula is C11H11NOS2. The average molecular weight is 237 g/mol. The second-order valence-electron chi connectivity index (χ2n) is 3.46. The number of thiophene rings is 1. The maximum Gasteiger partial charge on any atom is 0.171 e. The van der Waals surface area contributed by atoms with Crippen LogP contribution < -0.4 is 0 Å². The first-order chi connectivity index (χ1) is 7.09. The third-order valence-corrected chi connectivity index (χ3v) is 4.36. The number of rotatable bonds is 2. The summed E-state index contributed by atoms with van der Waals surface area (Å²) in [6.07, 6.45) is 0. The number of thiazole rings is 1. The molecule has 0 unspecified atom stereocenters. The second-order valence-corrected chi connectivity index (χ2v) is 5.20. The number of ketones is 1. The fourth-order valence-corrected chi connectivity index (χ4v) is 3.37. The summed E-state index contributed by atoms with van der Waals surface area (Å²) >= 11 is 3.15. The van der Waals surface area contributed by atoms with Crippen LogP contribution in [0.25, 0.3) is 10.6 Å². The van der Waals surface area contributed by atoms with Crippen molar-refractivity contribution in [2.45, 2.75) is 20.8 Å². The maximum absolute atomic E-state index is 11.3. The largest absolute Gasteiger partial charge is 0.294 e. The molecule has 0 atom stereocenters. The number of aromatic nitrogens is 1. The molecule has 0 spiro atoms. The van der Waals surface area contributed by atoms with Crippen molar-refractivity contribution in [2.24, 2.45) is 0 Å². The quantitative estimate of drug-likeness (QED) is 0.746. The minimum absolute atomic E-state index is 0.101. The zero-order valence-electron chi connectivity index (χ0n) is 8.83. The Kier molecular flexibility index (Phi) is 2.71. The molecule has 78 valence electrons. The van der Waals surface area contributed by atoms with Gasteiger partial charge in [0.2, 0.25) is 0 Å². The molecule has 0 bridgehead atoms. The molecule has 2 aromatic rings. The molecule has 0 radical (unpaired) electrons. The molecule has 0 aliphatic heterocycles. The van der Waals surface area contributed by atoms with E-state index in [9.17, 15) is 4.79 Å². The Labute approximate surface area is 96.6 Å². The summed E-state index contributed by atoms with van der Waals surface area (Å²) < 4.78 is 0. The summed E-state index contributed by atoms with van der Waals surface area (Å²) in [5.41, 5.74) is 3.22. The van der Waals surface area contributed by atoms with Gasteiger partial charge in [0.15, 0.2) is 5.78 Å². The fraction of sp³-hybridized carbons (Fsp3) is 0.273. The molecule has 0 amide bonds. The van der Waals surface area contributed by atoms with Crippen LogP contribution in [-0.2, 0) is 0 Å². The molecule has 0 N–H and O–H groups in total. The van der Waals surface area contributed by atoms with E-state index in [4.69, 9.17) is 0 Å². The lowest BCUT2D eigenvalue weighted by atomic mass is 10.2. The van der Waals surface area contributed by atoms with Gasteiger partial charge in [-0.3, -0.25) is 4.79 Å². The minimum Gasteiger partial charge on any atom is -0.294 e. The first-order valence-corrected chi connectivity index (χ1v) is 6.37. The molecule has 2 nitrogen and oxygen atoms in total. The van der Waals surface area contributed by atoms with Gasteiger partial charge >= 0.3 is 0 Å². The van der Waals surface area contributed by atoms with Crippen LogP contribution in [0.4, 0.5) is 0 Å². The van der Waals surface area contributed by atoms with Crippen LogP contribution in [-0.4, -0.2) is 10.8 Å². The zero-order valence-corrected chi connectivity index (χ0v) is 10.5. The molecule has 0 saturated carbocycles. The minimum atomic E-state index is 0.101. The Balaban J connectivity index is 2.52. The molecule has 4 heteroatoms. The molecule has 0 saturated heterocycles. The van der Waals surface area contributed by atoms with Crippen LogP contribution in [0, 0.1) is 13.8 Å². The number of aryl methyl sites for hydroxylation is 2. The molecule has 2 rings (SSSR count). The summed E-state index contributed by atoms with van der Waals surface area (Å²) in [5.74, 6) is 0.101. The fourth-order valence-electron chi connectivity index (χ4n) is 1.42. The summed E-state index contributed by atoms with van der Waals surface area (Å²) in [7, 11) is 0. The van der Waals surface area contributed by atoms with Crippen molar-refractivity contribution in [1.29, 1.82) is 0 Å². The molecule has 15 heavy (non-hydrogen) atoms. The third kappa shape index (κ3) is 1.87. The first-order valence-electron chi connectivity index (χ1n) is 4.61. The van der Waals surface area contributed by atoms with E-state index in [1.165, 1.54) is 16.9 Å². The lowest BCUT2D eigenvalue weighted by Gasteiger charge is -1.91. The Morgan fingerprint density at radius 1 is 1.33 bits per heavy atom. The first kappa shape index (κ1) is 10.5. The Morgan fingerprint density at radius 2 is 2.07 bits per heavy atom. The highest BCUT2D eigenvalue weighted by Crippen LogP contribution is 2.32. The SMILES string of the molecule is CC(=O)c1sc(-c2cscc2C)nc1C. The predicted octanol–water partition coefficient (Wildman–Crippen LogP) is 3.69. The van der Waals surface area contributed by atoms with E-state index in [1.807, 2.05) is 6.92 Å². The van der Waals surface area contributed by atoms with Crippen LogP contribution in [0.1, 0.15) is 27.9 Å². The van der Waals surface area contributed by atoms with Crippen molar-refractivity contribution in [3.63, 3.8) is 0 Å². The van der Waals surface area contributed by atoms with E-state index in [2.05, 4.69) is 22.7 Å². The van der Waals surface area contributed by atoms with Crippen molar-refractivity contribution in [1.82, 2.24) is 4.98 Å². The van der Waals surface area contributed by atoms with E-state index >= 15 is 0 Å². The monoisotopic (exact) mass is 237 g/mol. The van der Waals surface area contributed by atoms with Gasteiger partial charge in [-0.2, -0.15) is 11.3 Å². The van der Waals surface area contributed by atoms with Crippen molar-refractivity contribution in [3.05, 3.63) is 26.9 Å². The van der Waals surface area contributed by atoms with Crippen LogP contribution in [0.5, 0.6) is 0 Å². The summed E-state index contributed by atoms with van der Waals surface area (Å²) in [5, 5.41) is 5.13. The topological polar surface area (TPSA) is 30.0 Å². The number of hydrogen-bond acceptors (Lipinski definition) is 4. The van der Waals surface area contributed by atoms with Gasteiger partial charge in [0.1, 0.15) is 5.01 Å². The second kappa shape index (κ2) is 3.87. The van der Waals surface area contributed by atoms with Crippen LogP contribution in [0.15, 0.2) is 10.8 Å². The molecule has 0 aromatic carbocycles. The normalized spacial score (nSPS) is 10.6. The Hall–Kier alpha value is -1.00. The van der Waals surface area contributed by atoms with Gasteiger partial charge < -0.3 is 0 Å². The summed E-state index contributed by atoms with van der Waals surface area (Å²) in [6.45, 7) is 5.54. The third-order valence-electron chi connectivity index (χ3n) is 2.20. The average Bonchev–Trinajstić information content (AvgIpc) is 2.71. The predicted molar refractivity (Wildman–Crippen MR) is 64.9 cm³/mol. The molecule has 0 aliphatic rings. The highest BCUT2D eigenvalue weighted by molar-refractivity contribution is 7.17.